The highest BCUT2D eigenvalue weighted by molar-refractivity contribution is 5.31. The predicted molar refractivity (Wildman–Crippen MR) is 54.9 cm³/mol. The van der Waals surface area contributed by atoms with Crippen LogP contribution in [0.1, 0.15) is 22.7 Å². The van der Waals surface area contributed by atoms with E-state index in [4.69, 9.17) is 10.8 Å². The van der Waals surface area contributed by atoms with Crippen molar-refractivity contribution in [1.82, 2.24) is 0 Å². The second-order valence-electron chi connectivity index (χ2n) is 3.93. The second-order valence-corrected chi connectivity index (χ2v) is 3.93. The molecule has 1 aromatic carbocycles. The van der Waals surface area contributed by atoms with E-state index >= 15 is 0 Å². The minimum atomic E-state index is -4.70. The van der Waals surface area contributed by atoms with Crippen molar-refractivity contribution in [3.05, 3.63) is 34.9 Å². The Morgan fingerprint density at radius 1 is 1.12 bits per heavy atom. The molecule has 2 nitrogen and oxygen atoms in total. The number of halogens is 3. The first-order valence-corrected chi connectivity index (χ1v) is 4.80. The second kappa shape index (κ2) is 4.43. The summed E-state index contributed by atoms with van der Waals surface area (Å²) in [4.78, 5) is 0. The molecule has 16 heavy (non-hydrogen) atoms. The summed E-state index contributed by atoms with van der Waals surface area (Å²) in [6.45, 7) is 3.53. The van der Waals surface area contributed by atoms with E-state index in [1.54, 1.807) is 26.0 Å². The fraction of sp³-hybridized carbons (Fsp3) is 0.455. The van der Waals surface area contributed by atoms with E-state index in [-0.39, 0.29) is 0 Å². The van der Waals surface area contributed by atoms with Crippen LogP contribution in [0.3, 0.4) is 0 Å². The molecule has 0 radical (unpaired) electrons. The number of nitrogens with two attached hydrogens (primary N) is 1. The summed E-state index contributed by atoms with van der Waals surface area (Å²) in [7, 11) is 0. The molecule has 0 amide bonds. The van der Waals surface area contributed by atoms with Crippen molar-refractivity contribution in [1.29, 1.82) is 0 Å². The monoisotopic (exact) mass is 233 g/mol. The summed E-state index contributed by atoms with van der Waals surface area (Å²) in [5.74, 6) is 0. The molecule has 3 N–H and O–H groups in total. The Kier molecular flexibility index (Phi) is 3.60. The zero-order valence-electron chi connectivity index (χ0n) is 9.05. The molecule has 0 heterocycles. The third-order valence-electron chi connectivity index (χ3n) is 2.30. The van der Waals surface area contributed by atoms with E-state index < -0.39 is 18.3 Å². The van der Waals surface area contributed by atoms with Gasteiger partial charge < -0.3 is 10.8 Å². The van der Waals surface area contributed by atoms with Crippen LogP contribution in [0.2, 0.25) is 0 Å². The zero-order chi connectivity index (χ0) is 12.5. The van der Waals surface area contributed by atoms with Gasteiger partial charge >= 0.3 is 6.18 Å². The first kappa shape index (κ1) is 13.0. The average Bonchev–Trinajstić information content (AvgIpc) is 2.12. The number of rotatable bonds is 2. The van der Waals surface area contributed by atoms with Gasteiger partial charge in [0.15, 0.2) is 6.10 Å². The van der Waals surface area contributed by atoms with Crippen LogP contribution in [0, 0.1) is 13.8 Å². The van der Waals surface area contributed by atoms with E-state index in [1.165, 1.54) is 0 Å². The van der Waals surface area contributed by atoms with Crippen molar-refractivity contribution in [2.24, 2.45) is 5.73 Å². The lowest BCUT2D eigenvalue weighted by atomic mass is 9.98. The molecule has 1 aromatic rings. The van der Waals surface area contributed by atoms with E-state index in [1.807, 2.05) is 6.07 Å². The van der Waals surface area contributed by atoms with Crippen LogP contribution in [0.25, 0.3) is 0 Å². The smallest absolute Gasteiger partial charge is 0.382 e. The van der Waals surface area contributed by atoms with E-state index in [0.717, 1.165) is 11.1 Å². The van der Waals surface area contributed by atoms with Crippen LogP contribution < -0.4 is 5.73 Å². The van der Waals surface area contributed by atoms with Gasteiger partial charge in [0.05, 0.1) is 6.04 Å². The van der Waals surface area contributed by atoms with Crippen molar-refractivity contribution in [2.45, 2.75) is 32.2 Å². The number of benzene rings is 1. The van der Waals surface area contributed by atoms with Gasteiger partial charge in [-0.25, -0.2) is 0 Å². The molecular formula is C11H14F3NO. The number of aliphatic hydroxyl groups excluding tert-OH is 1. The van der Waals surface area contributed by atoms with Crippen molar-refractivity contribution in [3.63, 3.8) is 0 Å². The first-order valence-electron chi connectivity index (χ1n) is 4.80. The maximum atomic E-state index is 12.3. The van der Waals surface area contributed by atoms with Gasteiger partial charge in [-0.05, 0) is 19.4 Å². The molecule has 0 saturated heterocycles. The molecule has 0 fully saturated rings. The quantitative estimate of drug-likeness (QED) is 0.822. The van der Waals surface area contributed by atoms with Crippen molar-refractivity contribution in [3.8, 4) is 0 Å². The Bertz CT molecular complexity index is 356. The molecule has 90 valence electrons. The summed E-state index contributed by atoms with van der Waals surface area (Å²) in [6, 6.07) is 3.48. The summed E-state index contributed by atoms with van der Waals surface area (Å²) < 4.78 is 36.8. The summed E-state index contributed by atoms with van der Waals surface area (Å²) >= 11 is 0. The standard InChI is InChI=1S/C11H14F3NO/c1-6-3-7(2)5-8(4-6)9(15)10(16)11(12,13)14/h3-5,9-10,16H,15H2,1-2H3/t9-,10-/m0/s1. The Labute approximate surface area is 91.9 Å². The number of alkyl halides is 3. The largest absolute Gasteiger partial charge is 0.416 e. The molecular weight excluding hydrogens is 219 g/mol. The highest BCUT2D eigenvalue weighted by Gasteiger charge is 2.42. The lowest BCUT2D eigenvalue weighted by Crippen LogP contribution is -2.38. The molecule has 0 aliphatic rings. The summed E-state index contributed by atoms with van der Waals surface area (Å²) in [6.07, 6.45) is -7.23. The first-order chi connectivity index (χ1) is 7.21. The fourth-order valence-electron chi connectivity index (χ4n) is 1.59. The van der Waals surface area contributed by atoms with Gasteiger partial charge in [0.25, 0.3) is 0 Å². The van der Waals surface area contributed by atoms with Crippen molar-refractivity contribution in [2.75, 3.05) is 0 Å². The SMILES string of the molecule is Cc1cc(C)cc([C@H](N)[C@H](O)C(F)(F)F)c1. The zero-order valence-corrected chi connectivity index (χ0v) is 9.05. The third kappa shape index (κ3) is 2.96. The van der Waals surface area contributed by atoms with Crippen LogP contribution in [0.15, 0.2) is 18.2 Å². The van der Waals surface area contributed by atoms with Gasteiger partial charge in [-0.3, -0.25) is 0 Å². The minimum absolute atomic E-state index is 0.294. The lowest BCUT2D eigenvalue weighted by Gasteiger charge is -2.22. The van der Waals surface area contributed by atoms with E-state index in [2.05, 4.69) is 0 Å². The molecule has 2 atom stereocenters. The Hall–Kier alpha value is -1.07. The molecule has 0 spiro atoms. The maximum Gasteiger partial charge on any atom is 0.416 e. The van der Waals surface area contributed by atoms with Crippen LogP contribution >= 0.6 is 0 Å². The van der Waals surface area contributed by atoms with Gasteiger partial charge in [-0.1, -0.05) is 29.3 Å². The fourth-order valence-corrected chi connectivity index (χ4v) is 1.59. The lowest BCUT2D eigenvalue weighted by molar-refractivity contribution is -0.210. The molecule has 5 heteroatoms. The maximum absolute atomic E-state index is 12.3. The summed E-state index contributed by atoms with van der Waals surface area (Å²) in [5.41, 5.74) is 7.32. The van der Waals surface area contributed by atoms with E-state index in [9.17, 15) is 13.2 Å². The number of hydrogen-bond acceptors (Lipinski definition) is 2. The highest BCUT2D eigenvalue weighted by atomic mass is 19.4. The van der Waals surface area contributed by atoms with E-state index in [0.29, 0.717) is 5.56 Å². The van der Waals surface area contributed by atoms with Gasteiger partial charge in [0, 0.05) is 0 Å². The van der Waals surface area contributed by atoms with Gasteiger partial charge in [-0.15, -0.1) is 0 Å². The average molecular weight is 233 g/mol. The van der Waals surface area contributed by atoms with Crippen molar-refractivity contribution >= 4 is 0 Å². The Balaban J connectivity index is 3.00. The van der Waals surface area contributed by atoms with Gasteiger partial charge in [0.2, 0.25) is 0 Å². The number of aryl methyl sites for hydroxylation is 2. The minimum Gasteiger partial charge on any atom is -0.382 e. The molecule has 0 unspecified atom stereocenters. The molecule has 0 bridgehead atoms. The number of aliphatic hydroxyl groups is 1. The Morgan fingerprint density at radius 2 is 1.56 bits per heavy atom. The van der Waals surface area contributed by atoms with Gasteiger partial charge in [-0.2, -0.15) is 13.2 Å². The van der Waals surface area contributed by atoms with Crippen LogP contribution in [0.4, 0.5) is 13.2 Å². The summed E-state index contributed by atoms with van der Waals surface area (Å²) in [5, 5.41) is 9.04. The van der Waals surface area contributed by atoms with Crippen molar-refractivity contribution < 1.29 is 18.3 Å². The Morgan fingerprint density at radius 3 is 1.94 bits per heavy atom. The molecule has 0 aromatic heterocycles. The van der Waals surface area contributed by atoms with Gasteiger partial charge in [0.1, 0.15) is 0 Å². The third-order valence-corrected chi connectivity index (χ3v) is 2.30. The normalized spacial score (nSPS) is 15.9. The topological polar surface area (TPSA) is 46.2 Å². The molecule has 0 aliphatic carbocycles. The molecule has 1 rings (SSSR count). The van der Waals surface area contributed by atoms with Crippen LogP contribution in [-0.4, -0.2) is 17.4 Å². The van der Waals surface area contributed by atoms with Crippen LogP contribution in [-0.2, 0) is 0 Å². The molecule has 0 aliphatic heterocycles. The predicted octanol–water partition coefficient (Wildman–Crippen LogP) is 2.23. The highest BCUT2D eigenvalue weighted by Crippen LogP contribution is 2.29. The molecule has 0 saturated carbocycles. The number of hydrogen-bond donors (Lipinski definition) is 2. The van der Waals surface area contributed by atoms with Crippen LogP contribution in [0.5, 0.6) is 0 Å².